The molecule has 0 aliphatic carbocycles. The molecule has 1 heterocycles. The predicted molar refractivity (Wildman–Crippen MR) is 90.8 cm³/mol. The molecule has 1 aromatic heterocycles. The van der Waals surface area contributed by atoms with Crippen molar-refractivity contribution in [3.63, 3.8) is 0 Å². The van der Waals surface area contributed by atoms with E-state index < -0.39 is 11.9 Å². The van der Waals surface area contributed by atoms with Crippen molar-refractivity contribution in [1.29, 1.82) is 0 Å². The van der Waals surface area contributed by atoms with E-state index >= 15 is 0 Å². The number of methoxy groups -OCH3 is 2. The standard InChI is InChI=1S/C14H20N2O4S2/c1-6-7(2)15-14(21)16-11-9(12(17)19-4)8(3)10(22-11)13(18)20-5/h7H,6H2,1-5H3,(H2,15,16,21). The third kappa shape index (κ3) is 4.17. The van der Waals surface area contributed by atoms with Gasteiger partial charge in [0.1, 0.15) is 9.88 Å². The third-order valence-electron chi connectivity index (χ3n) is 3.12. The summed E-state index contributed by atoms with van der Waals surface area (Å²) in [5, 5.41) is 6.90. The van der Waals surface area contributed by atoms with Crippen molar-refractivity contribution in [2.24, 2.45) is 0 Å². The van der Waals surface area contributed by atoms with Crippen LogP contribution in [0.3, 0.4) is 0 Å². The summed E-state index contributed by atoms with van der Waals surface area (Å²) in [7, 11) is 2.58. The van der Waals surface area contributed by atoms with Crippen molar-refractivity contribution < 1.29 is 19.1 Å². The van der Waals surface area contributed by atoms with E-state index in [1.807, 2.05) is 13.8 Å². The van der Waals surface area contributed by atoms with E-state index in [4.69, 9.17) is 21.7 Å². The Morgan fingerprint density at radius 1 is 1.27 bits per heavy atom. The number of hydrogen-bond acceptors (Lipinski definition) is 6. The maximum absolute atomic E-state index is 12.0. The van der Waals surface area contributed by atoms with Gasteiger partial charge in [0.25, 0.3) is 0 Å². The third-order valence-corrected chi connectivity index (χ3v) is 4.53. The Morgan fingerprint density at radius 2 is 1.86 bits per heavy atom. The van der Waals surface area contributed by atoms with E-state index in [0.717, 1.165) is 17.8 Å². The molecule has 122 valence electrons. The van der Waals surface area contributed by atoms with Crippen LogP contribution in [-0.4, -0.2) is 37.3 Å². The van der Waals surface area contributed by atoms with E-state index in [2.05, 4.69) is 10.6 Å². The minimum absolute atomic E-state index is 0.197. The Morgan fingerprint density at radius 3 is 2.36 bits per heavy atom. The molecule has 1 atom stereocenters. The predicted octanol–water partition coefficient (Wildman–Crippen LogP) is 2.71. The van der Waals surface area contributed by atoms with E-state index in [1.165, 1.54) is 14.2 Å². The lowest BCUT2D eigenvalue weighted by Crippen LogP contribution is -2.35. The van der Waals surface area contributed by atoms with Gasteiger partial charge in [-0.1, -0.05) is 6.92 Å². The zero-order valence-corrected chi connectivity index (χ0v) is 14.9. The number of thiocarbonyl (C=S) groups is 1. The van der Waals surface area contributed by atoms with Crippen LogP contribution >= 0.6 is 23.6 Å². The van der Waals surface area contributed by atoms with Crippen molar-refractivity contribution in [2.75, 3.05) is 19.5 Å². The largest absolute Gasteiger partial charge is 0.465 e. The number of hydrogen-bond donors (Lipinski definition) is 2. The van der Waals surface area contributed by atoms with Crippen LogP contribution in [0.2, 0.25) is 0 Å². The number of carbonyl (C=O) groups is 2. The first-order valence-electron chi connectivity index (χ1n) is 6.73. The van der Waals surface area contributed by atoms with Gasteiger partial charge in [-0.05, 0) is 38.0 Å². The fourth-order valence-electron chi connectivity index (χ4n) is 1.70. The van der Waals surface area contributed by atoms with Crippen molar-refractivity contribution >= 4 is 45.6 Å². The first kappa shape index (κ1) is 18.4. The van der Waals surface area contributed by atoms with Crippen molar-refractivity contribution in [1.82, 2.24) is 5.32 Å². The summed E-state index contributed by atoms with van der Waals surface area (Å²) in [6.07, 6.45) is 0.905. The molecular weight excluding hydrogens is 324 g/mol. The van der Waals surface area contributed by atoms with Crippen molar-refractivity contribution in [3.8, 4) is 0 Å². The molecule has 1 rings (SSSR count). The molecule has 0 fully saturated rings. The van der Waals surface area contributed by atoms with Gasteiger partial charge in [0.05, 0.1) is 19.8 Å². The Balaban J connectivity index is 3.14. The molecule has 0 aliphatic heterocycles. The molecule has 0 saturated carbocycles. The number of ether oxygens (including phenoxy) is 2. The van der Waals surface area contributed by atoms with Gasteiger partial charge in [0.2, 0.25) is 0 Å². The average Bonchev–Trinajstić information content (AvgIpc) is 2.81. The number of nitrogens with one attached hydrogen (secondary N) is 2. The molecular formula is C14H20N2O4S2. The van der Waals surface area contributed by atoms with Gasteiger partial charge < -0.3 is 20.1 Å². The fourth-order valence-corrected chi connectivity index (χ4v) is 3.19. The quantitative estimate of drug-likeness (QED) is 0.628. The summed E-state index contributed by atoms with van der Waals surface area (Å²) >= 11 is 6.34. The van der Waals surface area contributed by atoms with Gasteiger partial charge in [-0.3, -0.25) is 0 Å². The van der Waals surface area contributed by atoms with Crippen LogP contribution in [0.15, 0.2) is 0 Å². The topological polar surface area (TPSA) is 76.7 Å². The molecule has 0 amide bonds. The van der Waals surface area contributed by atoms with Gasteiger partial charge in [0, 0.05) is 6.04 Å². The second-order valence-corrected chi connectivity index (χ2v) is 6.08. The van der Waals surface area contributed by atoms with Crippen LogP contribution in [0.4, 0.5) is 5.00 Å². The molecule has 0 spiro atoms. The minimum Gasteiger partial charge on any atom is -0.465 e. The molecule has 22 heavy (non-hydrogen) atoms. The Kier molecular flexibility index (Phi) is 6.76. The molecule has 2 N–H and O–H groups in total. The molecule has 8 heteroatoms. The summed E-state index contributed by atoms with van der Waals surface area (Å²) < 4.78 is 9.51. The van der Waals surface area contributed by atoms with E-state index in [9.17, 15) is 9.59 Å². The normalized spacial score (nSPS) is 11.5. The van der Waals surface area contributed by atoms with Gasteiger partial charge in [-0.2, -0.15) is 0 Å². The number of thiophene rings is 1. The molecule has 1 unspecified atom stereocenters. The first-order chi connectivity index (χ1) is 10.3. The summed E-state index contributed by atoms with van der Waals surface area (Å²) in [5.41, 5.74) is 0.804. The number of carbonyl (C=O) groups excluding carboxylic acids is 2. The highest BCUT2D eigenvalue weighted by atomic mass is 32.1. The summed E-state index contributed by atoms with van der Waals surface area (Å²) in [6, 6.07) is 0.197. The molecule has 0 bridgehead atoms. The molecule has 0 radical (unpaired) electrons. The SMILES string of the molecule is CCC(C)NC(=S)Nc1sc(C(=O)OC)c(C)c1C(=O)OC. The zero-order valence-electron chi connectivity index (χ0n) is 13.2. The summed E-state index contributed by atoms with van der Waals surface area (Å²) in [5.74, 6) is -1.03. The molecule has 6 nitrogen and oxygen atoms in total. The van der Waals surface area contributed by atoms with E-state index in [1.54, 1.807) is 6.92 Å². The maximum atomic E-state index is 12.0. The van der Waals surface area contributed by atoms with Crippen LogP contribution in [0.1, 0.15) is 45.9 Å². The number of rotatable bonds is 5. The monoisotopic (exact) mass is 344 g/mol. The van der Waals surface area contributed by atoms with E-state index in [-0.39, 0.29) is 6.04 Å². The summed E-state index contributed by atoms with van der Waals surface area (Å²) in [4.78, 5) is 24.1. The highest BCUT2D eigenvalue weighted by molar-refractivity contribution is 7.80. The maximum Gasteiger partial charge on any atom is 0.348 e. The van der Waals surface area contributed by atoms with Crippen LogP contribution in [0.25, 0.3) is 0 Å². The summed E-state index contributed by atoms with van der Waals surface area (Å²) in [6.45, 7) is 5.70. The van der Waals surface area contributed by atoms with E-state index in [0.29, 0.717) is 26.1 Å². The van der Waals surface area contributed by atoms with Gasteiger partial charge in [0.15, 0.2) is 5.11 Å². The first-order valence-corrected chi connectivity index (χ1v) is 7.95. The lowest BCUT2D eigenvalue weighted by atomic mass is 10.1. The highest BCUT2D eigenvalue weighted by Gasteiger charge is 2.26. The van der Waals surface area contributed by atoms with Crippen molar-refractivity contribution in [3.05, 3.63) is 16.0 Å². The highest BCUT2D eigenvalue weighted by Crippen LogP contribution is 2.34. The van der Waals surface area contributed by atoms with Gasteiger partial charge in [-0.25, -0.2) is 9.59 Å². The van der Waals surface area contributed by atoms with Gasteiger partial charge in [-0.15, -0.1) is 11.3 Å². The molecule has 0 aromatic carbocycles. The number of esters is 2. The Labute approximate surface area is 139 Å². The number of anilines is 1. The van der Waals surface area contributed by atoms with Crippen LogP contribution in [-0.2, 0) is 9.47 Å². The van der Waals surface area contributed by atoms with Crippen LogP contribution in [0, 0.1) is 6.92 Å². The van der Waals surface area contributed by atoms with Crippen LogP contribution in [0.5, 0.6) is 0 Å². The smallest absolute Gasteiger partial charge is 0.348 e. The zero-order chi connectivity index (χ0) is 16.9. The van der Waals surface area contributed by atoms with Crippen LogP contribution < -0.4 is 10.6 Å². The minimum atomic E-state index is -0.530. The van der Waals surface area contributed by atoms with Crippen molar-refractivity contribution in [2.45, 2.75) is 33.2 Å². The molecule has 0 saturated heterocycles. The lowest BCUT2D eigenvalue weighted by molar-refractivity contribution is 0.0601. The Hall–Kier alpha value is -1.67. The van der Waals surface area contributed by atoms with Gasteiger partial charge >= 0.3 is 11.9 Å². The second-order valence-electron chi connectivity index (χ2n) is 4.65. The fraction of sp³-hybridized carbons (Fsp3) is 0.500. The molecule has 1 aromatic rings. The Bertz CT molecular complexity index is 584. The second kappa shape index (κ2) is 8.09. The molecule has 0 aliphatic rings. The lowest BCUT2D eigenvalue weighted by Gasteiger charge is -2.15. The average molecular weight is 344 g/mol.